The lowest BCUT2D eigenvalue weighted by Gasteiger charge is -2.26. The Kier molecular flexibility index (Phi) is 6.63. The number of hydrogen-bond acceptors (Lipinski definition) is 4. The molecule has 0 atom stereocenters. The van der Waals surface area contributed by atoms with Gasteiger partial charge in [0.05, 0.1) is 0 Å². The minimum absolute atomic E-state index is 0.434. The van der Waals surface area contributed by atoms with E-state index >= 15 is 0 Å². The zero-order chi connectivity index (χ0) is 13.5. The van der Waals surface area contributed by atoms with Gasteiger partial charge in [-0.15, -0.1) is 0 Å². The maximum absolute atomic E-state index is 11.7. The van der Waals surface area contributed by atoms with Crippen LogP contribution in [0.15, 0.2) is 0 Å². The summed E-state index contributed by atoms with van der Waals surface area (Å²) >= 11 is 0. The van der Waals surface area contributed by atoms with Crippen LogP contribution in [0.1, 0.15) is 20.8 Å². The van der Waals surface area contributed by atoms with Crippen LogP contribution in [0.2, 0.25) is 13.1 Å². The first-order chi connectivity index (χ1) is 7.86. The molecular formula is C10H22N2O4Si. The van der Waals surface area contributed by atoms with E-state index < -0.39 is 20.7 Å². The molecule has 0 aromatic heterocycles. The van der Waals surface area contributed by atoms with Crippen LogP contribution in [0.25, 0.3) is 0 Å². The molecule has 0 aliphatic carbocycles. The molecule has 0 aliphatic rings. The van der Waals surface area contributed by atoms with E-state index in [1.165, 1.54) is 4.90 Å². The summed E-state index contributed by atoms with van der Waals surface area (Å²) in [5, 5.41) is 2.50. The highest BCUT2D eigenvalue weighted by Crippen LogP contribution is 2.09. The highest BCUT2D eigenvalue weighted by Gasteiger charge is 2.34. The molecule has 0 fully saturated rings. The first-order valence-electron chi connectivity index (χ1n) is 5.81. The Bertz CT molecular complexity index is 267. The summed E-state index contributed by atoms with van der Waals surface area (Å²) in [5.41, 5.74) is 0. The third-order valence-corrected chi connectivity index (χ3v) is 3.36. The van der Waals surface area contributed by atoms with Gasteiger partial charge in [0.15, 0.2) is 0 Å². The van der Waals surface area contributed by atoms with Gasteiger partial charge in [0.25, 0.3) is 0 Å². The van der Waals surface area contributed by atoms with Crippen LogP contribution < -0.4 is 5.32 Å². The summed E-state index contributed by atoms with van der Waals surface area (Å²) in [6.45, 7) is 10.5. The van der Waals surface area contributed by atoms with Crippen molar-refractivity contribution in [3.63, 3.8) is 0 Å². The van der Waals surface area contributed by atoms with E-state index in [9.17, 15) is 9.59 Å². The molecule has 2 amide bonds. The average molecular weight is 262 g/mol. The normalized spacial score (nSPS) is 10.6. The molecule has 0 aromatic carbocycles. The van der Waals surface area contributed by atoms with Gasteiger partial charge < -0.3 is 19.1 Å². The Morgan fingerprint density at radius 2 is 1.65 bits per heavy atom. The van der Waals surface area contributed by atoms with Crippen molar-refractivity contribution in [3.05, 3.63) is 0 Å². The Labute approximate surface area is 104 Å². The van der Waals surface area contributed by atoms with Crippen molar-refractivity contribution in [1.29, 1.82) is 0 Å². The third kappa shape index (κ3) is 6.15. The van der Waals surface area contributed by atoms with Crippen molar-refractivity contribution in [2.24, 2.45) is 0 Å². The van der Waals surface area contributed by atoms with E-state index in [0.717, 1.165) is 0 Å². The summed E-state index contributed by atoms with van der Waals surface area (Å²) in [5.74, 6) is 0. The maximum atomic E-state index is 11.7. The van der Waals surface area contributed by atoms with Gasteiger partial charge in [-0.3, -0.25) is 0 Å². The molecular weight excluding hydrogens is 240 g/mol. The van der Waals surface area contributed by atoms with E-state index in [2.05, 4.69) is 5.32 Å². The molecule has 0 rings (SSSR count). The van der Waals surface area contributed by atoms with E-state index in [4.69, 9.17) is 8.85 Å². The molecule has 0 spiro atoms. The fourth-order valence-corrected chi connectivity index (χ4v) is 2.29. The van der Waals surface area contributed by atoms with Gasteiger partial charge in [-0.2, -0.15) is 0 Å². The lowest BCUT2D eigenvalue weighted by Crippen LogP contribution is -2.46. The van der Waals surface area contributed by atoms with Crippen molar-refractivity contribution < 1.29 is 18.4 Å². The van der Waals surface area contributed by atoms with Crippen molar-refractivity contribution in [3.8, 4) is 0 Å². The molecule has 0 radical (unpaired) electrons. The molecule has 1 N–H and O–H groups in total. The van der Waals surface area contributed by atoms with Crippen molar-refractivity contribution in [2.75, 3.05) is 19.6 Å². The molecule has 0 saturated carbocycles. The number of carbonyl (C=O) groups is 2. The summed E-state index contributed by atoms with van der Waals surface area (Å²) in [7, 11) is -2.77. The molecule has 0 bridgehead atoms. The molecule has 0 heterocycles. The number of amides is 2. The highest BCUT2D eigenvalue weighted by molar-refractivity contribution is 6.67. The molecule has 0 unspecified atom stereocenters. The van der Waals surface area contributed by atoms with Crippen molar-refractivity contribution >= 4 is 20.7 Å². The fraction of sp³-hybridized carbons (Fsp3) is 0.800. The molecule has 100 valence electrons. The van der Waals surface area contributed by atoms with E-state index in [1.54, 1.807) is 20.0 Å². The van der Waals surface area contributed by atoms with Crippen molar-refractivity contribution in [1.82, 2.24) is 10.2 Å². The predicted molar refractivity (Wildman–Crippen MR) is 67.0 cm³/mol. The van der Waals surface area contributed by atoms with Crippen LogP contribution in [0.5, 0.6) is 0 Å². The van der Waals surface area contributed by atoms with Crippen LogP contribution in [0, 0.1) is 0 Å². The molecule has 0 saturated heterocycles. The van der Waals surface area contributed by atoms with Crippen LogP contribution >= 0.6 is 0 Å². The van der Waals surface area contributed by atoms with Gasteiger partial charge in [0, 0.05) is 32.7 Å². The molecule has 7 heteroatoms. The van der Waals surface area contributed by atoms with Crippen LogP contribution in [-0.2, 0) is 8.85 Å². The minimum atomic E-state index is -2.77. The Morgan fingerprint density at radius 3 is 2.06 bits per heavy atom. The van der Waals surface area contributed by atoms with Gasteiger partial charge in [-0.25, -0.2) is 9.59 Å². The standard InChI is InChI=1S/C10H22N2O4Si/c1-6-11-9(13)15-17(4,5)16-10(14)12(7-2)8-3/h6-8H2,1-5H3,(H,11,13). The summed E-state index contributed by atoms with van der Waals surface area (Å²) < 4.78 is 10.3. The maximum Gasteiger partial charge on any atom is 0.460 e. The monoisotopic (exact) mass is 262 g/mol. The van der Waals surface area contributed by atoms with E-state index in [-0.39, 0.29) is 0 Å². The quantitative estimate of drug-likeness (QED) is 0.769. The molecule has 17 heavy (non-hydrogen) atoms. The number of carbonyl (C=O) groups excluding carboxylic acids is 2. The Balaban J connectivity index is 4.33. The second-order valence-electron chi connectivity index (χ2n) is 3.86. The minimum Gasteiger partial charge on any atom is -0.469 e. The Morgan fingerprint density at radius 1 is 1.12 bits per heavy atom. The van der Waals surface area contributed by atoms with E-state index in [0.29, 0.717) is 19.6 Å². The number of rotatable bonds is 5. The first-order valence-corrected chi connectivity index (χ1v) is 8.62. The summed E-state index contributed by atoms with van der Waals surface area (Å²) in [6.07, 6.45) is -0.979. The van der Waals surface area contributed by atoms with Gasteiger partial charge in [-0.1, -0.05) is 0 Å². The summed E-state index contributed by atoms with van der Waals surface area (Å²) in [6, 6.07) is 0. The average Bonchev–Trinajstić information content (AvgIpc) is 2.17. The predicted octanol–water partition coefficient (Wildman–Crippen LogP) is 1.91. The third-order valence-electron chi connectivity index (χ3n) is 2.01. The summed E-state index contributed by atoms with van der Waals surface area (Å²) in [4.78, 5) is 24.5. The van der Waals surface area contributed by atoms with Crippen molar-refractivity contribution in [2.45, 2.75) is 33.9 Å². The zero-order valence-corrected chi connectivity index (χ0v) is 12.2. The molecule has 6 nitrogen and oxygen atoms in total. The van der Waals surface area contributed by atoms with Gasteiger partial charge in [0.1, 0.15) is 0 Å². The fourth-order valence-electron chi connectivity index (χ4n) is 1.18. The largest absolute Gasteiger partial charge is 0.469 e. The molecule has 0 aliphatic heterocycles. The highest BCUT2D eigenvalue weighted by atomic mass is 28.4. The van der Waals surface area contributed by atoms with Gasteiger partial charge in [0.2, 0.25) is 0 Å². The SMILES string of the molecule is CCNC(=O)O[Si](C)(C)OC(=O)N(CC)CC. The molecule has 0 aromatic rings. The second kappa shape index (κ2) is 7.15. The Hall–Kier alpha value is -1.24. The van der Waals surface area contributed by atoms with Gasteiger partial charge in [-0.05, 0) is 20.8 Å². The van der Waals surface area contributed by atoms with Crippen LogP contribution in [0.4, 0.5) is 9.59 Å². The smallest absolute Gasteiger partial charge is 0.460 e. The lowest BCUT2D eigenvalue weighted by molar-refractivity contribution is 0.136. The first kappa shape index (κ1) is 15.8. The van der Waals surface area contributed by atoms with Crippen LogP contribution in [0.3, 0.4) is 0 Å². The number of hydrogen-bond donors (Lipinski definition) is 1. The second-order valence-corrected chi connectivity index (χ2v) is 7.07. The van der Waals surface area contributed by atoms with Gasteiger partial charge >= 0.3 is 20.7 Å². The lowest BCUT2D eigenvalue weighted by atomic mass is 10.6. The zero-order valence-electron chi connectivity index (χ0n) is 11.2. The number of nitrogens with zero attached hydrogens (tertiary/aromatic N) is 1. The number of nitrogens with one attached hydrogen (secondary N) is 1. The topological polar surface area (TPSA) is 67.9 Å². The van der Waals surface area contributed by atoms with E-state index in [1.807, 2.05) is 13.8 Å². The van der Waals surface area contributed by atoms with Crippen LogP contribution in [-0.4, -0.2) is 45.3 Å².